The molecule has 1 atom stereocenters. The first-order valence-electron chi connectivity index (χ1n) is 11.0. The minimum absolute atomic E-state index is 0.0634. The fourth-order valence-electron chi connectivity index (χ4n) is 4.56. The topological polar surface area (TPSA) is 98.8 Å². The average Bonchev–Trinajstić information content (AvgIpc) is 3.56. The standard InChI is InChI=1S/C24H26N4O5/c1-31-19-4-2-17(3-5-19)14-26-21(29)20-15-28-12-9-25-23(28)24(33-20)7-10-27(11-8-24)22(30)18-6-13-32-16-18/h2-6,9,12-13,16,20H,7-8,10-11,14-15H2,1H3,(H,26,29)/t20-/m0/s1. The Morgan fingerprint density at radius 3 is 2.70 bits per heavy atom. The Hall–Kier alpha value is -3.59. The molecule has 2 amide bonds. The van der Waals surface area contributed by atoms with Gasteiger partial charge in [0.2, 0.25) is 0 Å². The van der Waals surface area contributed by atoms with Crippen molar-refractivity contribution >= 4 is 11.8 Å². The molecule has 0 unspecified atom stereocenters. The van der Waals surface area contributed by atoms with Crippen molar-refractivity contribution < 1.29 is 23.5 Å². The molecular weight excluding hydrogens is 424 g/mol. The summed E-state index contributed by atoms with van der Waals surface area (Å²) in [5.41, 5.74) is 0.814. The number of benzene rings is 1. The molecule has 9 nitrogen and oxygen atoms in total. The van der Waals surface area contributed by atoms with Crippen LogP contribution >= 0.6 is 0 Å². The first-order valence-corrected chi connectivity index (χ1v) is 11.0. The van der Waals surface area contributed by atoms with Crippen molar-refractivity contribution in [2.45, 2.75) is 37.6 Å². The molecule has 1 saturated heterocycles. The summed E-state index contributed by atoms with van der Waals surface area (Å²) >= 11 is 0. The lowest BCUT2D eigenvalue weighted by atomic mass is 9.88. The lowest BCUT2D eigenvalue weighted by Crippen LogP contribution is -2.54. The van der Waals surface area contributed by atoms with E-state index in [2.05, 4.69) is 10.3 Å². The Kier molecular flexibility index (Phi) is 5.63. The number of imidazole rings is 1. The summed E-state index contributed by atoms with van der Waals surface area (Å²) in [5.74, 6) is 1.36. The van der Waals surface area contributed by atoms with E-state index in [9.17, 15) is 9.59 Å². The van der Waals surface area contributed by atoms with Crippen LogP contribution in [-0.2, 0) is 28.2 Å². The van der Waals surface area contributed by atoms with Crippen LogP contribution in [0.15, 0.2) is 59.7 Å². The lowest BCUT2D eigenvalue weighted by molar-refractivity contribution is -0.172. The minimum atomic E-state index is -0.697. The van der Waals surface area contributed by atoms with E-state index in [1.165, 1.54) is 12.5 Å². The Bertz CT molecular complexity index is 1110. The highest BCUT2D eigenvalue weighted by Crippen LogP contribution is 2.40. The second-order valence-electron chi connectivity index (χ2n) is 8.37. The first kappa shape index (κ1) is 21.3. The van der Waals surface area contributed by atoms with Gasteiger partial charge in [-0.2, -0.15) is 0 Å². The molecule has 5 rings (SSSR count). The molecule has 0 radical (unpaired) electrons. The monoisotopic (exact) mass is 450 g/mol. The van der Waals surface area contributed by atoms with E-state index in [-0.39, 0.29) is 11.8 Å². The van der Waals surface area contributed by atoms with E-state index < -0.39 is 11.7 Å². The predicted octanol–water partition coefficient (Wildman–Crippen LogP) is 2.33. The number of carbonyl (C=O) groups is 2. The van der Waals surface area contributed by atoms with Crippen molar-refractivity contribution in [3.63, 3.8) is 0 Å². The smallest absolute Gasteiger partial charge is 0.257 e. The van der Waals surface area contributed by atoms with Crippen LogP contribution in [0.2, 0.25) is 0 Å². The summed E-state index contributed by atoms with van der Waals surface area (Å²) in [6.07, 6.45) is 7.06. The van der Waals surface area contributed by atoms with Crippen molar-refractivity contribution in [1.29, 1.82) is 0 Å². The molecule has 2 aliphatic heterocycles. The number of hydrogen-bond acceptors (Lipinski definition) is 6. The van der Waals surface area contributed by atoms with Gasteiger partial charge in [-0.1, -0.05) is 12.1 Å². The Labute approximate surface area is 191 Å². The maximum atomic E-state index is 13.0. The molecule has 0 saturated carbocycles. The van der Waals surface area contributed by atoms with Gasteiger partial charge in [0.15, 0.2) is 6.10 Å². The van der Waals surface area contributed by atoms with Gasteiger partial charge in [0.05, 0.1) is 25.5 Å². The van der Waals surface area contributed by atoms with Crippen LogP contribution in [0.25, 0.3) is 0 Å². The van der Waals surface area contributed by atoms with E-state index in [0.717, 1.165) is 17.1 Å². The largest absolute Gasteiger partial charge is 0.497 e. The summed E-state index contributed by atoms with van der Waals surface area (Å²) in [7, 11) is 1.62. The van der Waals surface area contributed by atoms with Crippen LogP contribution in [0.1, 0.15) is 34.6 Å². The van der Waals surface area contributed by atoms with Gasteiger partial charge in [-0.15, -0.1) is 0 Å². The molecule has 9 heteroatoms. The number of aromatic nitrogens is 2. The van der Waals surface area contributed by atoms with E-state index in [0.29, 0.717) is 44.6 Å². The lowest BCUT2D eigenvalue weighted by Gasteiger charge is -2.45. The van der Waals surface area contributed by atoms with Crippen LogP contribution in [-0.4, -0.2) is 52.6 Å². The van der Waals surface area contributed by atoms with Gasteiger partial charge in [0.1, 0.15) is 23.4 Å². The van der Waals surface area contributed by atoms with E-state index >= 15 is 0 Å². The maximum absolute atomic E-state index is 13.0. The average molecular weight is 450 g/mol. The molecule has 1 aromatic carbocycles. The molecule has 1 spiro atoms. The summed E-state index contributed by atoms with van der Waals surface area (Å²) in [6.45, 7) is 1.83. The quantitative estimate of drug-likeness (QED) is 0.641. The zero-order valence-electron chi connectivity index (χ0n) is 18.4. The number of piperidine rings is 1. The molecule has 4 heterocycles. The van der Waals surface area contributed by atoms with Crippen LogP contribution in [0.4, 0.5) is 0 Å². The molecule has 33 heavy (non-hydrogen) atoms. The molecule has 172 valence electrons. The zero-order chi connectivity index (χ0) is 22.8. The Morgan fingerprint density at radius 1 is 1.21 bits per heavy atom. The molecule has 0 aliphatic carbocycles. The third kappa shape index (κ3) is 4.11. The highest BCUT2D eigenvalue weighted by atomic mass is 16.5. The van der Waals surface area contributed by atoms with Crippen molar-refractivity contribution in [2.75, 3.05) is 20.2 Å². The Morgan fingerprint density at radius 2 is 2.00 bits per heavy atom. The minimum Gasteiger partial charge on any atom is -0.497 e. The maximum Gasteiger partial charge on any atom is 0.257 e. The van der Waals surface area contributed by atoms with Gasteiger partial charge < -0.3 is 28.7 Å². The fraction of sp³-hybridized carbons (Fsp3) is 0.375. The van der Waals surface area contributed by atoms with Gasteiger partial charge in [-0.25, -0.2) is 4.98 Å². The van der Waals surface area contributed by atoms with Gasteiger partial charge in [-0.05, 0) is 23.8 Å². The number of nitrogens with one attached hydrogen (secondary N) is 1. The molecule has 3 aromatic rings. The third-order valence-corrected chi connectivity index (χ3v) is 6.40. The fourth-order valence-corrected chi connectivity index (χ4v) is 4.56. The molecular formula is C24H26N4O5. The SMILES string of the molecule is COc1ccc(CNC(=O)[C@@H]2Cn3ccnc3C3(CCN(C(=O)c4ccoc4)CC3)O2)cc1. The van der Waals surface area contributed by atoms with Crippen molar-refractivity contribution in [2.24, 2.45) is 0 Å². The molecule has 1 N–H and O–H groups in total. The van der Waals surface area contributed by atoms with Gasteiger partial charge in [0.25, 0.3) is 11.8 Å². The van der Waals surface area contributed by atoms with E-state index in [1.807, 2.05) is 35.0 Å². The zero-order valence-corrected chi connectivity index (χ0v) is 18.4. The van der Waals surface area contributed by atoms with E-state index in [4.69, 9.17) is 13.9 Å². The normalized spacial score (nSPS) is 19.2. The summed E-state index contributed by atoms with van der Waals surface area (Å²) in [5, 5.41) is 2.98. The van der Waals surface area contributed by atoms with Crippen LogP contribution in [0, 0.1) is 0 Å². The number of furan rings is 1. The number of amides is 2. The first-order chi connectivity index (χ1) is 16.1. The molecule has 2 aromatic heterocycles. The van der Waals surface area contributed by atoms with E-state index in [1.54, 1.807) is 24.3 Å². The summed E-state index contributed by atoms with van der Waals surface area (Å²) in [4.78, 5) is 32.0. The summed E-state index contributed by atoms with van der Waals surface area (Å²) in [6, 6.07) is 9.24. The summed E-state index contributed by atoms with van der Waals surface area (Å²) < 4.78 is 18.6. The van der Waals surface area contributed by atoms with Gasteiger partial charge in [-0.3, -0.25) is 9.59 Å². The number of hydrogen-bond donors (Lipinski definition) is 1. The van der Waals surface area contributed by atoms with Gasteiger partial charge >= 0.3 is 0 Å². The molecule has 2 aliphatic rings. The van der Waals surface area contributed by atoms with Crippen molar-refractivity contribution in [3.05, 3.63) is 72.2 Å². The number of ether oxygens (including phenoxy) is 2. The number of methoxy groups -OCH3 is 1. The second kappa shape index (κ2) is 8.74. The van der Waals surface area contributed by atoms with Gasteiger partial charge in [0, 0.05) is 44.9 Å². The van der Waals surface area contributed by atoms with Crippen LogP contribution in [0.5, 0.6) is 5.75 Å². The number of rotatable bonds is 5. The number of fused-ring (bicyclic) bond motifs is 2. The molecule has 0 bridgehead atoms. The number of likely N-dealkylation sites (tertiary alicyclic amines) is 1. The number of carbonyl (C=O) groups excluding carboxylic acids is 2. The molecule has 1 fully saturated rings. The van der Waals surface area contributed by atoms with Crippen LogP contribution in [0.3, 0.4) is 0 Å². The second-order valence-corrected chi connectivity index (χ2v) is 8.37. The highest BCUT2D eigenvalue weighted by Gasteiger charge is 2.47. The third-order valence-electron chi connectivity index (χ3n) is 6.40. The Balaban J connectivity index is 1.26. The predicted molar refractivity (Wildman–Crippen MR) is 117 cm³/mol. The van der Waals surface area contributed by atoms with Crippen molar-refractivity contribution in [3.8, 4) is 5.75 Å². The number of nitrogens with zero attached hydrogens (tertiary/aromatic N) is 3. The highest BCUT2D eigenvalue weighted by molar-refractivity contribution is 5.93. The van der Waals surface area contributed by atoms with Crippen LogP contribution < -0.4 is 10.1 Å². The van der Waals surface area contributed by atoms with Crippen molar-refractivity contribution in [1.82, 2.24) is 19.8 Å².